The highest BCUT2D eigenvalue weighted by molar-refractivity contribution is 7.10. The maximum Gasteiger partial charge on any atom is 0.0656 e. The van der Waals surface area contributed by atoms with E-state index < -0.39 is 0 Å². The van der Waals surface area contributed by atoms with E-state index in [2.05, 4.69) is 67.8 Å². The molecule has 0 bridgehead atoms. The summed E-state index contributed by atoms with van der Waals surface area (Å²) in [6.07, 6.45) is 6.10. The first-order valence-corrected chi connectivity index (χ1v) is 12.3. The van der Waals surface area contributed by atoms with Crippen molar-refractivity contribution in [3.05, 3.63) is 75.2 Å². The molecule has 3 aromatic rings. The molecule has 5 heteroatoms. The van der Waals surface area contributed by atoms with E-state index in [9.17, 15) is 0 Å². The van der Waals surface area contributed by atoms with Crippen molar-refractivity contribution in [2.75, 3.05) is 26.2 Å². The van der Waals surface area contributed by atoms with Crippen LogP contribution in [0.25, 0.3) is 0 Å². The summed E-state index contributed by atoms with van der Waals surface area (Å²) in [5.41, 5.74) is 5.32. The summed E-state index contributed by atoms with van der Waals surface area (Å²) in [7, 11) is 0. The van der Waals surface area contributed by atoms with E-state index in [0.717, 1.165) is 19.5 Å². The van der Waals surface area contributed by atoms with Crippen LogP contribution in [-0.2, 0) is 19.5 Å². The topological polar surface area (TPSA) is 35.2 Å². The van der Waals surface area contributed by atoms with Gasteiger partial charge in [0.2, 0.25) is 0 Å². The Morgan fingerprint density at radius 3 is 2.47 bits per heavy atom. The molecule has 1 N–H and O–H groups in total. The minimum absolute atomic E-state index is 0.594. The summed E-state index contributed by atoms with van der Waals surface area (Å²) >= 11 is 1.94. The molecule has 2 aliphatic rings. The number of nitrogens with zero attached hydrogens (tertiary/aromatic N) is 3. The zero-order valence-corrected chi connectivity index (χ0v) is 18.5. The second kappa shape index (κ2) is 9.46. The van der Waals surface area contributed by atoms with E-state index in [1.54, 1.807) is 0 Å². The number of benzene rings is 1. The number of nitrogens with one attached hydrogen (secondary N) is 1. The monoisotopic (exact) mass is 420 g/mol. The molecule has 1 aromatic carbocycles. The molecule has 0 unspecified atom stereocenters. The maximum absolute atomic E-state index is 4.65. The fourth-order valence-corrected chi connectivity index (χ4v) is 5.81. The highest BCUT2D eigenvalue weighted by atomic mass is 32.1. The van der Waals surface area contributed by atoms with Crippen molar-refractivity contribution >= 4 is 11.3 Å². The molecule has 4 heterocycles. The van der Waals surface area contributed by atoms with Gasteiger partial charge in [0, 0.05) is 36.0 Å². The SMILES string of the molecule is c1ccc(Cc2cc(C3CCN(Cc4cc(CN5CCCC5)cs4)CC3)n[nH]2)cc1. The van der Waals surface area contributed by atoms with Crippen LogP contribution >= 0.6 is 11.3 Å². The van der Waals surface area contributed by atoms with Crippen molar-refractivity contribution in [2.45, 2.75) is 51.1 Å². The van der Waals surface area contributed by atoms with Gasteiger partial charge in [-0.15, -0.1) is 11.3 Å². The van der Waals surface area contributed by atoms with Crippen molar-refractivity contribution < 1.29 is 0 Å². The van der Waals surface area contributed by atoms with E-state index in [0.29, 0.717) is 5.92 Å². The molecule has 0 atom stereocenters. The first kappa shape index (κ1) is 20.0. The quantitative estimate of drug-likeness (QED) is 0.582. The van der Waals surface area contributed by atoms with Gasteiger partial charge in [0.1, 0.15) is 0 Å². The van der Waals surface area contributed by atoms with Crippen LogP contribution in [0, 0.1) is 0 Å². The Balaban J connectivity index is 1.10. The molecular formula is C25H32N4S. The zero-order chi connectivity index (χ0) is 20.2. The lowest BCUT2D eigenvalue weighted by Crippen LogP contribution is -2.32. The van der Waals surface area contributed by atoms with Crippen LogP contribution in [0.15, 0.2) is 47.8 Å². The van der Waals surface area contributed by atoms with Gasteiger partial charge in [-0.2, -0.15) is 5.10 Å². The van der Waals surface area contributed by atoms with Crippen molar-refractivity contribution in [1.29, 1.82) is 0 Å². The van der Waals surface area contributed by atoms with Crippen LogP contribution in [0.1, 0.15) is 59.0 Å². The van der Waals surface area contributed by atoms with Crippen LogP contribution in [-0.4, -0.2) is 46.2 Å². The van der Waals surface area contributed by atoms with E-state index in [1.807, 2.05) is 11.3 Å². The highest BCUT2D eigenvalue weighted by Gasteiger charge is 2.23. The second-order valence-corrected chi connectivity index (χ2v) is 9.93. The van der Waals surface area contributed by atoms with Gasteiger partial charge < -0.3 is 0 Å². The van der Waals surface area contributed by atoms with Crippen molar-refractivity contribution in [2.24, 2.45) is 0 Å². The summed E-state index contributed by atoms with van der Waals surface area (Å²) in [5.74, 6) is 0.594. The minimum Gasteiger partial charge on any atom is -0.299 e. The normalized spacial score (nSPS) is 18.9. The summed E-state index contributed by atoms with van der Waals surface area (Å²) in [6, 6.07) is 15.4. The van der Waals surface area contributed by atoms with E-state index in [4.69, 9.17) is 0 Å². The third kappa shape index (κ3) is 5.02. The molecule has 0 spiro atoms. The molecule has 30 heavy (non-hydrogen) atoms. The fraction of sp³-hybridized carbons (Fsp3) is 0.480. The third-order valence-electron chi connectivity index (χ3n) is 6.59. The Morgan fingerprint density at radius 1 is 0.900 bits per heavy atom. The number of hydrogen-bond acceptors (Lipinski definition) is 4. The Labute approximate surface area is 183 Å². The van der Waals surface area contributed by atoms with Gasteiger partial charge >= 0.3 is 0 Å². The Bertz CT molecular complexity index is 918. The van der Waals surface area contributed by atoms with Crippen molar-refractivity contribution in [1.82, 2.24) is 20.0 Å². The third-order valence-corrected chi connectivity index (χ3v) is 7.56. The van der Waals surface area contributed by atoms with Crippen LogP contribution in [0.3, 0.4) is 0 Å². The molecule has 0 amide bonds. The van der Waals surface area contributed by atoms with Crippen molar-refractivity contribution in [3.63, 3.8) is 0 Å². The average molecular weight is 421 g/mol. The van der Waals surface area contributed by atoms with Gasteiger partial charge in [0.05, 0.1) is 5.69 Å². The number of rotatable bonds is 7. The lowest BCUT2D eigenvalue weighted by atomic mass is 9.93. The molecule has 5 rings (SSSR count). The van der Waals surface area contributed by atoms with Gasteiger partial charge in [0.15, 0.2) is 0 Å². The predicted octanol–water partition coefficient (Wildman–Crippen LogP) is 5.04. The molecule has 0 aliphatic carbocycles. The first-order valence-electron chi connectivity index (χ1n) is 11.4. The first-order chi connectivity index (χ1) is 14.8. The second-order valence-electron chi connectivity index (χ2n) is 8.94. The number of thiophene rings is 1. The minimum atomic E-state index is 0.594. The van der Waals surface area contributed by atoms with Crippen LogP contribution in [0.4, 0.5) is 0 Å². The Kier molecular flexibility index (Phi) is 6.30. The number of aromatic nitrogens is 2. The molecule has 4 nitrogen and oxygen atoms in total. The van der Waals surface area contributed by atoms with Gasteiger partial charge in [-0.1, -0.05) is 30.3 Å². The number of piperidine rings is 1. The van der Waals surface area contributed by atoms with Crippen molar-refractivity contribution in [3.8, 4) is 0 Å². The number of hydrogen-bond donors (Lipinski definition) is 1. The van der Waals surface area contributed by atoms with Crippen LogP contribution in [0.2, 0.25) is 0 Å². The molecule has 2 aliphatic heterocycles. The molecule has 2 saturated heterocycles. The van der Waals surface area contributed by atoms with E-state index >= 15 is 0 Å². The lowest BCUT2D eigenvalue weighted by molar-refractivity contribution is 0.205. The van der Waals surface area contributed by atoms with Gasteiger partial charge in [-0.3, -0.25) is 14.9 Å². The van der Waals surface area contributed by atoms with E-state index in [1.165, 1.54) is 79.3 Å². The molecule has 158 valence electrons. The lowest BCUT2D eigenvalue weighted by Gasteiger charge is -2.30. The molecular weight excluding hydrogens is 388 g/mol. The van der Waals surface area contributed by atoms with E-state index in [-0.39, 0.29) is 0 Å². The van der Waals surface area contributed by atoms with Crippen LogP contribution in [0.5, 0.6) is 0 Å². The average Bonchev–Trinajstić information content (AvgIpc) is 3.53. The molecule has 0 saturated carbocycles. The molecule has 2 aromatic heterocycles. The predicted molar refractivity (Wildman–Crippen MR) is 124 cm³/mol. The summed E-state index contributed by atoms with van der Waals surface area (Å²) in [4.78, 5) is 6.74. The number of likely N-dealkylation sites (tertiary alicyclic amines) is 2. The zero-order valence-electron chi connectivity index (χ0n) is 17.7. The van der Waals surface area contributed by atoms with Gasteiger partial charge in [0.25, 0.3) is 0 Å². The summed E-state index contributed by atoms with van der Waals surface area (Å²) < 4.78 is 0. The van der Waals surface area contributed by atoms with Gasteiger partial charge in [-0.25, -0.2) is 0 Å². The Morgan fingerprint density at radius 2 is 1.67 bits per heavy atom. The van der Waals surface area contributed by atoms with Gasteiger partial charge in [-0.05, 0) is 80.5 Å². The summed E-state index contributed by atoms with van der Waals surface area (Å²) in [6.45, 7) is 7.15. The highest BCUT2D eigenvalue weighted by Crippen LogP contribution is 2.29. The summed E-state index contributed by atoms with van der Waals surface area (Å²) in [5, 5.41) is 10.3. The smallest absolute Gasteiger partial charge is 0.0656 e. The Hall–Kier alpha value is -1.95. The molecule has 2 fully saturated rings. The molecule has 0 radical (unpaired) electrons. The number of aromatic amines is 1. The van der Waals surface area contributed by atoms with Crippen LogP contribution < -0.4 is 0 Å². The largest absolute Gasteiger partial charge is 0.299 e. The fourth-order valence-electron chi connectivity index (χ4n) is 4.89. The maximum atomic E-state index is 4.65. The number of H-pyrrole nitrogens is 1. The standard InChI is InChI=1S/C25H32N4S/c1-2-6-20(7-3-1)14-23-16-25(27-26-23)22-8-12-29(13-9-22)18-24-15-21(19-30-24)17-28-10-4-5-11-28/h1-3,6-7,15-16,19,22H,4-5,8-14,17-18H2,(H,26,27).